The Bertz CT molecular complexity index is 1240. The van der Waals surface area contributed by atoms with E-state index in [1.165, 1.54) is 17.0 Å². The molecule has 0 unspecified atom stereocenters. The number of carbonyl (C=O) groups excluding carboxylic acids is 1. The van der Waals surface area contributed by atoms with Gasteiger partial charge in [-0.3, -0.25) is 9.59 Å². The van der Waals surface area contributed by atoms with E-state index < -0.39 is 11.6 Å². The number of carbonyl (C=O) groups is 1. The zero-order chi connectivity index (χ0) is 21.3. The zero-order valence-corrected chi connectivity index (χ0v) is 17.5. The van der Waals surface area contributed by atoms with Crippen molar-refractivity contribution in [2.24, 2.45) is 0 Å². The second-order valence-electron chi connectivity index (χ2n) is 6.91. The summed E-state index contributed by atoms with van der Waals surface area (Å²) in [4.78, 5) is 27.4. The quantitative estimate of drug-likeness (QED) is 0.506. The van der Waals surface area contributed by atoms with E-state index in [0.717, 1.165) is 9.75 Å². The molecule has 4 rings (SSSR count). The topological polar surface area (TPSA) is 103 Å². The molecule has 0 spiro atoms. The van der Waals surface area contributed by atoms with E-state index in [1.54, 1.807) is 36.5 Å². The standard InChI is InChI=1S/C21H20N4O4S/c1-12-9-17(29-24-12)16-10-19(26)25(23-20(16)18-7-6-13(2)30-18)14(3)21(27)22-11-15-5-4-8-28-15/h4-10,14H,11H2,1-3H3,(H,22,27)/t14-/m1/s1. The summed E-state index contributed by atoms with van der Waals surface area (Å²) >= 11 is 1.55. The van der Waals surface area contributed by atoms with Crippen LogP contribution in [0.15, 0.2) is 56.4 Å². The van der Waals surface area contributed by atoms with Crippen molar-refractivity contribution in [3.8, 4) is 21.9 Å². The third-order valence-electron chi connectivity index (χ3n) is 4.59. The normalized spacial score (nSPS) is 12.1. The third kappa shape index (κ3) is 3.97. The Morgan fingerprint density at radius 3 is 2.73 bits per heavy atom. The Hall–Kier alpha value is -3.46. The monoisotopic (exact) mass is 424 g/mol. The molecule has 0 saturated carbocycles. The van der Waals surface area contributed by atoms with Crippen LogP contribution >= 0.6 is 11.3 Å². The molecule has 1 atom stereocenters. The van der Waals surface area contributed by atoms with E-state index in [1.807, 2.05) is 26.0 Å². The van der Waals surface area contributed by atoms with Crippen LogP contribution in [0, 0.1) is 13.8 Å². The molecular formula is C21H20N4O4S. The summed E-state index contributed by atoms with van der Waals surface area (Å²) in [6.45, 7) is 5.67. The molecule has 1 N–H and O–H groups in total. The van der Waals surface area contributed by atoms with E-state index in [4.69, 9.17) is 8.94 Å². The van der Waals surface area contributed by atoms with Gasteiger partial charge >= 0.3 is 0 Å². The van der Waals surface area contributed by atoms with Crippen molar-refractivity contribution in [2.75, 3.05) is 0 Å². The minimum absolute atomic E-state index is 0.233. The first kappa shape index (κ1) is 19.8. The first-order valence-electron chi connectivity index (χ1n) is 9.37. The van der Waals surface area contributed by atoms with Crippen molar-refractivity contribution in [2.45, 2.75) is 33.4 Å². The second kappa shape index (κ2) is 8.11. The molecule has 0 aromatic carbocycles. The van der Waals surface area contributed by atoms with Crippen molar-refractivity contribution in [3.05, 3.63) is 69.3 Å². The van der Waals surface area contributed by atoms with E-state index in [-0.39, 0.29) is 12.5 Å². The summed E-state index contributed by atoms with van der Waals surface area (Å²) in [5.41, 5.74) is 1.40. The number of rotatable bonds is 6. The highest BCUT2D eigenvalue weighted by molar-refractivity contribution is 7.15. The molecule has 0 bridgehead atoms. The number of aromatic nitrogens is 3. The number of aryl methyl sites for hydroxylation is 2. The van der Waals surface area contributed by atoms with Gasteiger partial charge in [-0.25, -0.2) is 4.68 Å². The number of nitrogens with one attached hydrogen (secondary N) is 1. The maximum Gasteiger partial charge on any atom is 0.268 e. The average molecular weight is 424 g/mol. The van der Waals surface area contributed by atoms with Gasteiger partial charge in [0, 0.05) is 17.0 Å². The Kier molecular flexibility index (Phi) is 5.37. The summed E-state index contributed by atoms with van der Waals surface area (Å²) in [7, 11) is 0. The number of furan rings is 1. The molecule has 30 heavy (non-hydrogen) atoms. The van der Waals surface area contributed by atoms with Gasteiger partial charge < -0.3 is 14.3 Å². The van der Waals surface area contributed by atoms with E-state index in [2.05, 4.69) is 15.6 Å². The molecule has 0 aliphatic heterocycles. The van der Waals surface area contributed by atoms with Crippen LogP contribution in [0.3, 0.4) is 0 Å². The van der Waals surface area contributed by atoms with Crippen molar-refractivity contribution < 1.29 is 13.7 Å². The number of hydrogen-bond donors (Lipinski definition) is 1. The molecule has 4 heterocycles. The van der Waals surface area contributed by atoms with Crippen molar-refractivity contribution in [3.63, 3.8) is 0 Å². The first-order chi connectivity index (χ1) is 14.4. The maximum absolute atomic E-state index is 12.8. The van der Waals surface area contributed by atoms with Crippen LogP contribution < -0.4 is 10.9 Å². The first-order valence-corrected chi connectivity index (χ1v) is 10.2. The Labute approximate surface area is 176 Å². The van der Waals surface area contributed by atoms with Gasteiger partial charge in [-0.05, 0) is 45.0 Å². The van der Waals surface area contributed by atoms with Crippen LogP contribution in [0.1, 0.15) is 29.3 Å². The molecule has 8 nitrogen and oxygen atoms in total. The smallest absolute Gasteiger partial charge is 0.268 e. The number of nitrogens with zero attached hydrogens (tertiary/aromatic N) is 3. The van der Waals surface area contributed by atoms with Crippen molar-refractivity contribution in [1.82, 2.24) is 20.3 Å². The minimum atomic E-state index is -0.808. The molecule has 0 aliphatic carbocycles. The van der Waals surface area contributed by atoms with Gasteiger partial charge in [-0.15, -0.1) is 11.3 Å². The Morgan fingerprint density at radius 2 is 2.10 bits per heavy atom. The van der Waals surface area contributed by atoms with Crippen LogP contribution in [-0.2, 0) is 11.3 Å². The third-order valence-corrected chi connectivity index (χ3v) is 5.59. The fraction of sp³-hybridized carbons (Fsp3) is 0.238. The molecule has 0 fully saturated rings. The lowest BCUT2D eigenvalue weighted by atomic mass is 10.1. The van der Waals surface area contributed by atoms with Crippen LogP contribution in [0.5, 0.6) is 0 Å². The van der Waals surface area contributed by atoms with Crippen LogP contribution in [0.2, 0.25) is 0 Å². The predicted molar refractivity (Wildman–Crippen MR) is 112 cm³/mol. The summed E-state index contributed by atoms with van der Waals surface area (Å²) in [6.07, 6.45) is 1.54. The van der Waals surface area contributed by atoms with Crippen LogP contribution in [0.4, 0.5) is 0 Å². The second-order valence-corrected chi connectivity index (χ2v) is 8.19. The highest BCUT2D eigenvalue weighted by atomic mass is 32.1. The Morgan fingerprint density at radius 1 is 1.27 bits per heavy atom. The van der Waals surface area contributed by atoms with Gasteiger partial charge in [0.25, 0.3) is 5.56 Å². The number of thiophene rings is 1. The summed E-state index contributed by atoms with van der Waals surface area (Å²) in [6, 6.07) is 9.81. The highest BCUT2D eigenvalue weighted by Crippen LogP contribution is 2.34. The average Bonchev–Trinajstić information content (AvgIpc) is 3.48. The van der Waals surface area contributed by atoms with Gasteiger partial charge in [-0.2, -0.15) is 5.10 Å². The van der Waals surface area contributed by atoms with Crippen molar-refractivity contribution >= 4 is 17.2 Å². The van der Waals surface area contributed by atoms with E-state index >= 15 is 0 Å². The van der Waals surface area contributed by atoms with Gasteiger partial charge in [0.15, 0.2) is 5.76 Å². The van der Waals surface area contributed by atoms with Gasteiger partial charge in [0.2, 0.25) is 5.91 Å². The molecule has 1 amide bonds. The zero-order valence-electron chi connectivity index (χ0n) is 16.7. The molecular weight excluding hydrogens is 404 g/mol. The largest absolute Gasteiger partial charge is 0.467 e. The predicted octanol–water partition coefficient (Wildman–Crippen LogP) is 3.71. The Balaban J connectivity index is 1.71. The van der Waals surface area contributed by atoms with Gasteiger partial charge in [0.1, 0.15) is 17.5 Å². The fourth-order valence-corrected chi connectivity index (χ4v) is 3.88. The molecule has 154 valence electrons. The summed E-state index contributed by atoms with van der Waals surface area (Å²) in [5.74, 6) is 0.749. The molecule has 0 aliphatic rings. The van der Waals surface area contributed by atoms with E-state index in [0.29, 0.717) is 28.5 Å². The van der Waals surface area contributed by atoms with Gasteiger partial charge in [0.05, 0.1) is 28.9 Å². The summed E-state index contributed by atoms with van der Waals surface area (Å²) < 4.78 is 11.8. The number of hydrogen-bond acceptors (Lipinski definition) is 7. The molecule has 0 saturated heterocycles. The lowest BCUT2D eigenvalue weighted by Gasteiger charge is -2.15. The SMILES string of the molecule is Cc1cc(-c2cc(=O)n([C@H](C)C(=O)NCc3ccco3)nc2-c2ccc(C)s2)on1. The van der Waals surface area contributed by atoms with Crippen LogP contribution in [0.25, 0.3) is 21.9 Å². The van der Waals surface area contributed by atoms with Crippen molar-refractivity contribution in [1.29, 1.82) is 0 Å². The maximum atomic E-state index is 12.8. The molecule has 0 radical (unpaired) electrons. The highest BCUT2D eigenvalue weighted by Gasteiger charge is 2.22. The lowest BCUT2D eigenvalue weighted by molar-refractivity contribution is -0.124. The lowest BCUT2D eigenvalue weighted by Crippen LogP contribution is -2.36. The van der Waals surface area contributed by atoms with Crippen LogP contribution in [-0.4, -0.2) is 20.8 Å². The molecule has 9 heteroatoms. The van der Waals surface area contributed by atoms with Gasteiger partial charge in [-0.1, -0.05) is 5.16 Å². The minimum Gasteiger partial charge on any atom is -0.467 e. The molecule has 4 aromatic heterocycles. The molecule has 4 aromatic rings. The van der Waals surface area contributed by atoms with E-state index in [9.17, 15) is 9.59 Å². The fourth-order valence-electron chi connectivity index (χ4n) is 3.01. The number of amides is 1. The summed E-state index contributed by atoms with van der Waals surface area (Å²) in [5, 5.41) is 11.2.